The van der Waals surface area contributed by atoms with E-state index < -0.39 is 43.6 Å². The summed E-state index contributed by atoms with van der Waals surface area (Å²) in [5.41, 5.74) is -4.43. The van der Waals surface area contributed by atoms with Gasteiger partial charge >= 0.3 is 5.69 Å². The largest absolute Gasteiger partial charge is 0.316 e. The number of halogens is 3. The minimum absolute atomic E-state index is 0.234. The first-order valence-electron chi connectivity index (χ1n) is 4.01. The molecule has 0 heterocycles. The zero-order valence-corrected chi connectivity index (χ0v) is 8.19. The fourth-order valence-corrected chi connectivity index (χ4v) is 1.24. The van der Waals surface area contributed by atoms with Crippen molar-refractivity contribution in [3.63, 3.8) is 0 Å². The number of nitrogens with zero attached hydrogens (tertiary/aromatic N) is 3. The molecule has 0 saturated heterocycles. The average molecular weight is 251 g/mol. The van der Waals surface area contributed by atoms with Crippen LogP contribution in [0.3, 0.4) is 0 Å². The molecule has 7 nitrogen and oxygen atoms in total. The van der Waals surface area contributed by atoms with Gasteiger partial charge in [-0.25, -0.2) is 0 Å². The molecule has 0 bridgehead atoms. The van der Waals surface area contributed by atoms with E-state index in [0.717, 1.165) is 6.92 Å². The maximum atomic E-state index is 13.3. The van der Waals surface area contributed by atoms with Gasteiger partial charge in [0.1, 0.15) is 5.56 Å². The maximum Gasteiger partial charge on any atom is 0.316 e. The topological polar surface area (TPSA) is 89.5 Å². The SMILES string of the molecule is Cc1c([N+](=O)[O-])cc(N(F)F)c(F)c1[N+](=O)[O-]. The quantitative estimate of drug-likeness (QED) is 0.467. The van der Waals surface area contributed by atoms with Gasteiger partial charge in [-0.05, 0) is 12.3 Å². The second-order valence-electron chi connectivity index (χ2n) is 2.95. The second kappa shape index (κ2) is 4.23. The van der Waals surface area contributed by atoms with E-state index in [0.29, 0.717) is 0 Å². The minimum atomic E-state index is -1.82. The summed E-state index contributed by atoms with van der Waals surface area (Å²) >= 11 is 0. The van der Waals surface area contributed by atoms with Crippen molar-refractivity contribution in [1.29, 1.82) is 0 Å². The van der Waals surface area contributed by atoms with Crippen molar-refractivity contribution in [3.8, 4) is 0 Å². The highest BCUT2D eigenvalue weighted by Gasteiger charge is 2.32. The Morgan fingerprint density at radius 3 is 2.12 bits per heavy atom. The highest BCUT2D eigenvalue weighted by Crippen LogP contribution is 2.37. The van der Waals surface area contributed by atoms with Crippen molar-refractivity contribution in [2.75, 3.05) is 5.34 Å². The lowest BCUT2D eigenvalue weighted by atomic mass is 10.1. The average Bonchev–Trinajstić information content (AvgIpc) is 2.15. The van der Waals surface area contributed by atoms with Crippen LogP contribution in [0.1, 0.15) is 5.56 Å². The van der Waals surface area contributed by atoms with Crippen LogP contribution >= 0.6 is 0 Å². The van der Waals surface area contributed by atoms with Crippen LogP contribution < -0.4 is 5.34 Å². The van der Waals surface area contributed by atoms with Gasteiger partial charge in [0.15, 0.2) is 5.69 Å². The molecule has 0 radical (unpaired) electrons. The van der Waals surface area contributed by atoms with Gasteiger partial charge in [-0.15, -0.1) is 0 Å². The van der Waals surface area contributed by atoms with Crippen molar-refractivity contribution in [3.05, 3.63) is 37.7 Å². The van der Waals surface area contributed by atoms with Gasteiger partial charge in [0.2, 0.25) is 5.82 Å². The maximum absolute atomic E-state index is 13.3. The lowest BCUT2D eigenvalue weighted by Gasteiger charge is -2.06. The van der Waals surface area contributed by atoms with E-state index in [-0.39, 0.29) is 6.07 Å². The Kier molecular flexibility index (Phi) is 3.16. The van der Waals surface area contributed by atoms with Crippen molar-refractivity contribution in [1.82, 2.24) is 0 Å². The highest BCUT2D eigenvalue weighted by molar-refractivity contribution is 5.65. The Hall–Kier alpha value is -2.39. The molecule has 0 saturated carbocycles. The number of hydrogen-bond donors (Lipinski definition) is 0. The molecule has 0 atom stereocenters. The van der Waals surface area contributed by atoms with E-state index in [4.69, 9.17) is 0 Å². The van der Waals surface area contributed by atoms with Crippen LogP contribution in [0.25, 0.3) is 0 Å². The van der Waals surface area contributed by atoms with E-state index in [1.54, 1.807) is 0 Å². The van der Waals surface area contributed by atoms with Crippen LogP contribution in [-0.4, -0.2) is 9.85 Å². The summed E-state index contributed by atoms with van der Waals surface area (Å²) in [6, 6.07) is 0.234. The molecular formula is C7H4F3N3O4. The fraction of sp³-hybridized carbons (Fsp3) is 0.143. The first-order chi connectivity index (χ1) is 7.77. The molecule has 1 aromatic carbocycles. The second-order valence-corrected chi connectivity index (χ2v) is 2.95. The standard InChI is InChI=1S/C7H4F3N3O4/c1-3-4(12(14)15)2-5(11(9)10)6(8)7(3)13(16)17/h2H,1H3. The molecular weight excluding hydrogens is 247 g/mol. The Labute approximate surface area is 91.2 Å². The van der Waals surface area contributed by atoms with Gasteiger partial charge in [0.25, 0.3) is 5.69 Å². The summed E-state index contributed by atoms with van der Waals surface area (Å²) in [5, 5.41) is 19.2. The molecule has 0 spiro atoms. The van der Waals surface area contributed by atoms with E-state index in [1.165, 1.54) is 0 Å². The Morgan fingerprint density at radius 1 is 1.24 bits per heavy atom. The fourth-order valence-electron chi connectivity index (χ4n) is 1.24. The summed E-state index contributed by atoms with van der Waals surface area (Å²) in [7, 11) is 0. The van der Waals surface area contributed by atoms with Gasteiger partial charge in [-0.3, -0.25) is 20.2 Å². The number of hydrogen-bond acceptors (Lipinski definition) is 5. The number of rotatable bonds is 3. The monoisotopic (exact) mass is 251 g/mol. The first kappa shape index (κ1) is 12.7. The lowest BCUT2D eigenvalue weighted by Crippen LogP contribution is -2.06. The highest BCUT2D eigenvalue weighted by atomic mass is 19.4. The van der Waals surface area contributed by atoms with Crippen LogP contribution in [0, 0.1) is 33.0 Å². The van der Waals surface area contributed by atoms with E-state index >= 15 is 0 Å². The van der Waals surface area contributed by atoms with Crippen molar-refractivity contribution < 1.29 is 23.2 Å². The van der Waals surface area contributed by atoms with Gasteiger partial charge in [0.05, 0.1) is 9.85 Å². The Balaban J connectivity index is 3.69. The number of benzene rings is 1. The van der Waals surface area contributed by atoms with Gasteiger partial charge < -0.3 is 0 Å². The number of nitro groups is 2. The molecule has 0 aromatic heterocycles. The molecule has 1 rings (SSSR count). The predicted octanol–water partition coefficient (Wildman–Crippen LogP) is 2.53. The summed E-state index contributed by atoms with van der Waals surface area (Å²) in [6.45, 7) is 0.907. The summed E-state index contributed by atoms with van der Waals surface area (Å²) in [6.07, 6.45) is 0. The van der Waals surface area contributed by atoms with Gasteiger partial charge in [-0.2, -0.15) is 4.39 Å². The normalized spacial score (nSPS) is 10.1. The molecule has 0 N–H and O–H groups in total. The van der Waals surface area contributed by atoms with Gasteiger partial charge in [0, 0.05) is 6.07 Å². The van der Waals surface area contributed by atoms with E-state index in [2.05, 4.69) is 0 Å². The molecule has 92 valence electrons. The van der Waals surface area contributed by atoms with Gasteiger partial charge in [-0.1, -0.05) is 8.96 Å². The number of nitro benzene ring substituents is 2. The van der Waals surface area contributed by atoms with E-state index in [9.17, 15) is 33.6 Å². The van der Waals surface area contributed by atoms with Crippen LogP contribution in [0.5, 0.6) is 0 Å². The van der Waals surface area contributed by atoms with Crippen LogP contribution in [0.15, 0.2) is 6.07 Å². The molecule has 0 fully saturated rings. The molecule has 0 unspecified atom stereocenters. The lowest BCUT2D eigenvalue weighted by molar-refractivity contribution is -0.396. The summed E-state index contributed by atoms with van der Waals surface area (Å²) < 4.78 is 37.7. The van der Waals surface area contributed by atoms with Crippen molar-refractivity contribution in [2.24, 2.45) is 0 Å². The molecule has 1 aromatic rings. The van der Waals surface area contributed by atoms with Crippen LogP contribution in [-0.2, 0) is 0 Å². The minimum Gasteiger partial charge on any atom is -0.258 e. The Morgan fingerprint density at radius 2 is 1.76 bits per heavy atom. The smallest absolute Gasteiger partial charge is 0.258 e. The molecule has 0 aliphatic rings. The third kappa shape index (κ3) is 2.09. The molecule has 0 aliphatic carbocycles. The summed E-state index contributed by atoms with van der Waals surface area (Å²) in [4.78, 5) is 18.6. The predicted molar refractivity (Wildman–Crippen MR) is 49.1 cm³/mol. The number of anilines is 1. The molecule has 10 heteroatoms. The van der Waals surface area contributed by atoms with E-state index in [1.807, 2.05) is 0 Å². The third-order valence-electron chi connectivity index (χ3n) is 2.01. The zero-order chi connectivity index (χ0) is 13.3. The van der Waals surface area contributed by atoms with Crippen LogP contribution in [0.2, 0.25) is 0 Å². The third-order valence-corrected chi connectivity index (χ3v) is 2.01. The molecule has 0 amide bonds. The molecule has 17 heavy (non-hydrogen) atoms. The Bertz CT molecular complexity index is 506. The van der Waals surface area contributed by atoms with Crippen molar-refractivity contribution in [2.45, 2.75) is 6.92 Å². The summed E-state index contributed by atoms with van der Waals surface area (Å²) in [5.74, 6) is -1.82. The first-order valence-corrected chi connectivity index (χ1v) is 4.01. The zero-order valence-electron chi connectivity index (χ0n) is 8.19. The van der Waals surface area contributed by atoms with Crippen molar-refractivity contribution >= 4 is 17.1 Å². The molecule has 0 aliphatic heterocycles. The van der Waals surface area contributed by atoms with Crippen LogP contribution in [0.4, 0.5) is 30.4 Å².